The number of hydrogen-bond donors (Lipinski definition) is 4. The Morgan fingerprint density at radius 1 is 0.826 bits per heavy atom. The predicted molar refractivity (Wildman–Crippen MR) is 79.6 cm³/mol. The second-order valence-electron chi connectivity index (χ2n) is 5.20. The van der Waals surface area contributed by atoms with Gasteiger partial charge < -0.3 is 20.4 Å². The van der Waals surface area contributed by atoms with Crippen LogP contribution in [0.15, 0.2) is 30.4 Å². The molecular formula is C16H13NO6. The largest absolute Gasteiger partial charge is 0.494 e. The SMILES string of the molecule is O=C(O)c1cc(C(=O)O)cc(-n2c(O)c3c(c2O)CC=CC3)c1. The van der Waals surface area contributed by atoms with Crippen molar-refractivity contribution in [3.05, 3.63) is 52.6 Å². The van der Waals surface area contributed by atoms with E-state index in [9.17, 15) is 19.8 Å². The summed E-state index contributed by atoms with van der Waals surface area (Å²) in [5.74, 6) is -3.04. The van der Waals surface area contributed by atoms with E-state index >= 15 is 0 Å². The third-order valence-electron chi connectivity index (χ3n) is 3.81. The van der Waals surface area contributed by atoms with Crippen molar-refractivity contribution in [1.29, 1.82) is 0 Å². The highest BCUT2D eigenvalue weighted by atomic mass is 16.4. The van der Waals surface area contributed by atoms with Crippen LogP contribution in [0.5, 0.6) is 11.8 Å². The smallest absolute Gasteiger partial charge is 0.335 e. The van der Waals surface area contributed by atoms with Crippen LogP contribution in [0.25, 0.3) is 5.69 Å². The van der Waals surface area contributed by atoms with Gasteiger partial charge in [-0.15, -0.1) is 0 Å². The molecule has 0 fully saturated rings. The molecule has 1 aliphatic carbocycles. The number of carbonyl (C=O) groups is 2. The molecule has 1 aromatic carbocycles. The second kappa shape index (κ2) is 5.20. The first-order chi connectivity index (χ1) is 10.9. The first kappa shape index (κ1) is 14.7. The van der Waals surface area contributed by atoms with E-state index in [0.29, 0.717) is 24.0 Å². The Hall–Kier alpha value is -3.22. The van der Waals surface area contributed by atoms with Gasteiger partial charge in [-0.2, -0.15) is 0 Å². The Morgan fingerprint density at radius 2 is 1.26 bits per heavy atom. The minimum atomic E-state index is -1.30. The number of nitrogens with zero attached hydrogens (tertiary/aromatic N) is 1. The minimum absolute atomic E-state index is 0.0756. The molecule has 0 saturated carbocycles. The molecule has 7 heteroatoms. The molecular weight excluding hydrogens is 302 g/mol. The van der Waals surface area contributed by atoms with Crippen molar-refractivity contribution in [2.45, 2.75) is 12.8 Å². The third kappa shape index (κ3) is 2.32. The molecule has 1 aromatic heterocycles. The van der Waals surface area contributed by atoms with Crippen LogP contribution in [-0.2, 0) is 12.8 Å². The van der Waals surface area contributed by atoms with E-state index < -0.39 is 11.9 Å². The van der Waals surface area contributed by atoms with Crippen molar-refractivity contribution in [2.75, 3.05) is 0 Å². The van der Waals surface area contributed by atoms with Gasteiger partial charge in [0.2, 0.25) is 11.8 Å². The van der Waals surface area contributed by atoms with Gasteiger partial charge in [-0.25, -0.2) is 9.59 Å². The molecule has 1 aliphatic rings. The van der Waals surface area contributed by atoms with E-state index in [0.717, 1.165) is 10.6 Å². The van der Waals surface area contributed by atoms with E-state index in [-0.39, 0.29) is 28.6 Å². The van der Waals surface area contributed by atoms with Crippen LogP contribution in [0, 0.1) is 0 Å². The molecule has 118 valence electrons. The van der Waals surface area contributed by atoms with Crippen LogP contribution in [0.3, 0.4) is 0 Å². The molecule has 0 aliphatic heterocycles. The van der Waals surface area contributed by atoms with E-state index in [1.165, 1.54) is 12.1 Å². The predicted octanol–water partition coefficient (Wildman–Crippen LogP) is 1.94. The highest BCUT2D eigenvalue weighted by molar-refractivity contribution is 5.95. The summed E-state index contributed by atoms with van der Waals surface area (Å²) in [7, 11) is 0. The lowest BCUT2D eigenvalue weighted by atomic mass is 10.0. The summed E-state index contributed by atoms with van der Waals surface area (Å²) in [5, 5.41) is 38.9. The van der Waals surface area contributed by atoms with E-state index in [2.05, 4.69) is 0 Å². The van der Waals surface area contributed by atoms with Gasteiger partial charge in [-0.05, 0) is 31.0 Å². The Labute approximate surface area is 130 Å². The molecule has 0 radical (unpaired) electrons. The number of aromatic carboxylic acids is 2. The maximum absolute atomic E-state index is 11.2. The molecule has 0 spiro atoms. The van der Waals surface area contributed by atoms with Gasteiger partial charge in [0, 0.05) is 11.1 Å². The van der Waals surface area contributed by atoms with Crippen LogP contribution in [-0.4, -0.2) is 36.9 Å². The Morgan fingerprint density at radius 3 is 1.65 bits per heavy atom. The van der Waals surface area contributed by atoms with Gasteiger partial charge in [0.05, 0.1) is 16.8 Å². The van der Waals surface area contributed by atoms with Gasteiger partial charge >= 0.3 is 11.9 Å². The zero-order valence-corrected chi connectivity index (χ0v) is 11.9. The molecule has 3 rings (SSSR count). The summed E-state index contributed by atoms with van der Waals surface area (Å²) >= 11 is 0. The van der Waals surface area contributed by atoms with Crippen molar-refractivity contribution in [3.8, 4) is 17.4 Å². The maximum atomic E-state index is 11.2. The van der Waals surface area contributed by atoms with Crippen molar-refractivity contribution < 1.29 is 30.0 Å². The number of rotatable bonds is 3. The van der Waals surface area contributed by atoms with Gasteiger partial charge in [0.15, 0.2) is 0 Å². The molecule has 0 saturated heterocycles. The molecule has 1 heterocycles. The normalized spacial score (nSPS) is 12.9. The number of carboxylic acids is 2. The summed E-state index contributed by atoms with van der Waals surface area (Å²) in [6.07, 6.45) is 4.57. The highest BCUT2D eigenvalue weighted by Gasteiger charge is 2.24. The van der Waals surface area contributed by atoms with Gasteiger partial charge in [-0.3, -0.25) is 4.57 Å². The number of allylic oxidation sites excluding steroid dienone is 2. The fourth-order valence-electron chi connectivity index (χ4n) is 2.70. The number of benzene rings is 1. The summed E-state index contributed by atoms with van der Waals surface area (Å²) in [6.45, 7) is 0. The zero-order chi connectivity index (χ0) is 16.7. The maximum Gasteiger partial charge on any atom is 0.335 e. The van der Waals surface area contributed by atoms with Crippen LogP contribution in [0.1, 0.15) is 31.8 Å². The average Bonchev–Trinajstić information content (AvgIpc) is 2.79. The lowest BCUT2D eigenvalue weighted by Gasteiger charge is -2.10. The summed E-state index contributed by atoms with van der Waals surface area (Å²) < 4.78 is 1.07. The molecule has 0 bridgehead atoms. The van der Waals surface area contributed by atoms with Crippen LogP contribution < -0.4 is 0 Å². The lowest BCUT2D eigenvalue weighted by molar-refractivity contribution is 0.0696. The molecule has 0 amide bonds. The molecule has 4 N–H and O–H groups in total. The summed E-state index contributed by atoms with van der Waals surface area (Å²) in [5.41, 5.74) is 0.670. The fourth-order valence-corrected chi connectivity index (χ4v) is 2.70. The number of aromatic nitrogens is 1. The van der Waals surface area contributed by atoms with Gasteiger partial charge in [-0.1, -0.05) is 12.2 Å². The molecule has 7 nitrogen and oxygen atoms in total. The average molecular weight is 315 g/mol. The highest BCUT2D eigenvalue weighted by Crippen LogP contribution is 2.39. The lowest BCUT2D eigenvalue weighted by Crippen LogP contribution is -2.05. The monoisotopic (exact) mass is 315 g/mol. The Bertz CT molecular complexity index is 798. The van der Waals surface area contributed by atoms with Crippen molar-refractivity contribution in [3.63, 3.8) is 0 Å². The van der Waals surface area contributed by atoms with Crippen molar-refractivity contribution in [2.24, 2.45) is 0 Å². The number of hydrogen-bond acceptors (Lipinski definition) is 4. The molecule has 0 atom stereocenters. The van der Waals surface area contributed by atoms with Crippen molar-refractivity contribution >= 4 is 11.9 Å². The van der Waals surface area contributed by atoms with E-state index in [4.69, 9.17) is 10.2 Å². The standard InChI is InChI=1S/C16H13NO6/c18-13-11-3-1-2-4-12(11)14(19)17(13)10-6-8(15(20)21)5-9(7-10)16(22)23/h1-2,5-7,18-19H,3-4H2,(H,20,21)(H,22,23). The van der Waals surface area contributed by atoms with Gasteiger partial charge in [0.1, 0.15) is 0 Å². The number of fused-ring (bicyclic) bond motifs is 1. The Kier molecular flexibility index (Phi) is 3.33. The first-order valence-electron chi connectivity index (χ1n) is 6.81. The molecule has 23 heavy (non-hydrogen) atoms. The summed E-state index contributed by atoms with van der Waals surface area (Å²) in [6, 6.07) is 3.42. The minimum Gasteiger partial charge on any atom is -0.494 e. The quantitative estimate of drug-likeness (QED) is 0.642. The zero-order valence-electron chi connectivity index (χ0n) is 11.9. The van der Waals surface area contributed by atoms with Gasteiger partial charge in [0.25, 0.3) is 0 Å². The van der Waals surface area contributed by atoms with E-state index in [1.54, 1.807) is 0 Å². The van der Waals surface area contributed by atoms with Crippen LogP contribution in [0.2, 0.25) is 0 Å². The second-order valence-corrected chi connectivity index (χ2v) is 5.20. The first-order valence-corrected chi connectivity index (χ1v) is 6.81. The molecule has 0 unspecified atom stereocenters. The molecule has 2 aromatic rings. The number of aromatic hydroxyl groups is 2. The Balaban J connectivity index is 2.25. The third-order valence-corrected chi connectivity index (χ3v) is 3.81. The summed E-state index contributed by atoms with van der Waals surface area (Å²) in [4.78, 5) is 22.4. The van der Waals surface area contributed by atoms with Crippen LogP contribution in [0.4, 0.5) is 0 Å². The topological polar surface area (TPSA) is 120 Å². The van der Waals surface area contributed by atoms with Crippen LogP contribution >= 0.6 is 0 Å². The van der Waals surface area contributed by atoms with Crippen molar-refractivity contribution in [1.82, 2.24) is 4.57 Å². The number of carboxylic acid groups (broad SMARTS) is 2. The fraction of sp³-hybridized carbons (Fsp3) is 0.125. The van der Waals surface area contributed by atoms with E-state index in [1.807, 2.05) is 12.2 Å².